The van der Waals surface area contributed by atoms with Crippen molar-refractivity contribution in [2.45, 2.75) is 33.7 Å². The third-order valence-electron chi connectivity index (χ3n) is 3.00. The third kappa shape index (κ3) is 3.06. The van der Waals surface area contributed by atoms with Crippen molar-refractivity contribution >= 4 is 0 Å². The lowest BCUT2D eigenvalue weighted by Gasteiger charge is -2.20. The molecule has 0 amide bonds. The Morgan fingerprint density at radius 3 is 2.44 bits per heavy atom. The minimum Gasteiger partial charge on any atom is -0.395 e. The highest BCUT2D eigenvalue weighted by atomic mass is 16.3. The summed E-state index contributed by atoms with van der Waals surface area (Å²) < 4.78 is 1.92. The molecule has 0 unspecified atom stereocenters. The van der Waals surface area contributed by atoms with Crippen LogP contribution in [0.2, 0.25) is 0 Å². The fourth-order valence-electron chi connectivity index (χ4n) is 2.00. The fraction of sp³-hybridized carbons (Fsp3) is 0.750. The summed E-state index contributed by atoms with van der Waals surface area (Å²) in [7, 11) is 1.97. The molecule has 0 aromatic carbocycles. The van der Waals surface area contributed by atoms with Crippen LogP contribution in [-0.4, -0.2) is 39.5 Å². The predicted molar refractivity (Wildman–Crippen MR) is 65.3 cm³/mol. The largest absolute Gasteiger partial charge is 0.395 e. The Balaban J connectivity index is 2.76. The van der Waals surface area contributed by atoms with Crippen LogP contribution in [0.5, 0.6) is 0 Å². The van der Waals surface area contributed by atoms with Gasteiger partial charge in [-0.3, -0.25) is 9.58 Å². The van der Waals surface area contributed by atoms with Gasteiger partial charge in [0, 0.05) is 31.4 Å². The summed E-state index contributed by atoms with van der Waals surface area (Å²) in [5.41, 5.74) is 3.61. The van der Waals surface area contributed by atoms with E-state index in [0.29, 0.717) is 0 Å². The molecule has 92 valence electrons. The highest BCUT2D eigenvalue weighted by Gasteiger charge is 2.12. The fourth-order valence-corrected chi connectivity index (χ4v) is 2.00. The quantitative estimate of drug-likeness (QED) is 0.792. The van der Waals surface area contributed by atoms with Gasteiger partial charge in [-0.25, -0.2) is 0 Å². The lowest BCUT2D eigenvalue weighted by molar-refractivity contribution is 0.190. The molecule has 0 saturated heterocycles. The van der Waals surface area contributed by atoms with E-state index in [1.165, 1.54) is 11.3 Å². The van der Waals surface area contributed by atoms with Crippen LogP contribution >= 0.6 is 0 Å². The molecule has 16 heavy (non-hydrogen) atoms. The van der Waals surface area contributed by atoms with Crippen molar-refractivity contribution in [1.82, 2.24) is 14.7 Å². The molecule has 0 atom stereocenters. The number of hydrogen-bond donors (Lipinski definition) is 1. The smallest absolute Gasteiger partial charge is 0.0641 e. The first kappa shape index (κ1) is 13.2. The predicted octanol–water partition coefficient (Wildman–Crippen LogP) is 1.24. The maximum atomic E-state index is 9.02. The number of aliphatic hydroxyl groups is 1. The molecule has 1 rings (SSSR count). The molecule has 0 fully saturated rings. The maximum Gasteiger partial charge on any atom is 0.0641 e. The van der Waals surface area contributed by atoms with Crippen LogP contribution in [0.3, 0.4) is 0 Å². The van der Waals surface area contributed by atoms with E-state index < -0.39 is 0 Å². The monoisotopic (exact) mass is 225 g/mol. The van der Waals surface area contributed by atoms with Gasteiger partial charge >= 0.3 is 0 Å². The van der Waals surface area contributed by atoms with Gasteiger partial charge in [0.05, 0.1) is 12.3 Å². The van der Waals surface area contributed by atoms with Crippen molar-refractivity contribution in [3.63, 3.8) is 0 Å². The van der Waals surface area contributed by atoms with Gasteiger partial charge in [-0.15, -0.1) is 0 Å². The summed E-state index contributed by atoms with van der Waals surface area (Å²) in [5.74, 6) is 0. The summed E-state index contributed by atoms with van der Waals surface area (Å²) >= 11 is 0. The normalized spacial score (nSPS) is 11.4. The van der Waals surface area contributed by atoms with Crippen molar-refractivity contribution in [2.24, 2.45) is 7.05 Å². The summed E-state index contributed by atoms with van der Waals surface area (Å²) in [6, 6.07) is 0. The second kappa shape index (κ2) is 6.01. The molecule has 0 aliphatic rings. The molecule has 1 N–H and O–H groups in total. The average Bonchev–Trinajstić information content (AvgIpc) is 2.46. The van der Waals surface area contributed by atoms with Gasteiger partial charge < -0.3 is 5.11 Å². The van der Waals surface area contributed by atoms with E-state index in [2.05, 4.69) is 23.8 Å². The topological polar surface area (TPSA) is 41.3 Å². The SMILES string of the molecule is CCCN(CCO)Cc1c(C)nn(C)c1C. The Bertz CT molecular complexity index is 327. The van der Waals surface area contributed by atoms with Crippen LogP contribution in [0, 0.1) is 13.8 Å². The van der Waals surface area contributed by atoms with Gasteiger partial charge in [-0.05, 0) is 26.8 Å². The van der Waals surface area contributed by atoms with E-state index in [-0.39, 0.29) is 6.61 Å². The maximum absolute atomic E-state index is 9.02. The van der Waals surface area contributed by atoms with Gasteiger partial charge in [0.15, 0.2) is 0 Å². The molecular weight excluding hydrogens is 202 g/mol. The Kier molecular flexibility index (Phi) is 4.96. The molecule has 4 heteroatoms. The zero-order valence-corrected chi connectivity index (χ0v) is 10.8. The van der Waals surface area contributed by atoms with Gasteiger partial charge in [0.2, 0.25) is 0 Å². The zero-order valence-electron chi connectivity index (χ0n) is 10.8. The first-order chi connectivity index (χ1) is 7.60. The molecule has 0 radical (unpaired) electrons. The highest BCUT2D eigenvalue weighted by molar-refractivity contribution is 5.24. The number of aryl methyl sites for hydroxylation is 2. The zero-order chi connectivity index (χ0) is 12.1. The molecule has 0 aliphatic heterocycles. The highest BCUT2D eigenvalue weighted by Crippen LogP contribution is 2.14. The van der Waals surface area contributed by atoms with E-state index in [0.717, 1.165) is 31.7 Å². The molecule has 0 aliphatic carbocycles. The summed E-state index contributed by atoms with van der Waals surface area (Å²) in [4.78, 5) is 2.27. The van der Waals surface area contributed by atoms with Crippen LogP contribution in [0.4, 0.5) is 0 Å². The van der Waals surface area contributed by atoms with Crippen LogP contribution in [0.15, 0.2) is 0 Å². The number of aliphatic hydroxyl groups excluding tert-OH is 1. The van der Waals surface area contributed by atoms with E-state index >= 15 is 0 Å². The second-order valence-corrected chi connectivity index (χ2v) is 4.27. The Morgan fingerprint density at radius 2 is 2.00 bits per heavy atom. The number of rotatable bonds is 6. The minimum atomic E-state index is 0.221. The minimum absolute atomic E-state index is 0.221. The Labute approximate surface area is 97.9 Å². The summed E-state index contributed by atoms with van der Waals surface area (Å²) in [6.45, 7) is 9.17. The van der Waals surface area contributed by atoms with E-state index in [1.807, 2.05) is 18.7 Å². The third-order valence-corrected chi connectivity index (χ3v) is 3.00. The van der Waals surface area contributed by atoms with Crippen molar-refractivity contribution in [1.29, 1.82) is 0 Å². The van der Waals surface area contributed by atoms with Gasteiger partial charge in [-0.1, -0.05) is 6.92 Å². The summed E-state index contributed by atoms with van der Waals surface area (Å²) in [6.07, 6.45) is 1.11. The van der Waals surface area contributed by atoms with E-state index in [9.17, 15) is 0 Å². The number of nitrogens with zero attached hydrogens (tertiary/aromatic N) is 3. The number of hydrogen-bond acceptors (Lipinski definition) is 3. The standard InChI is InChI=1S/C12H23N3O/c1-5-6-15(7-8-16)9-12-10(2)13-14(4)11(12)3/h16H,5-9H2,1-4H3. The molecule has 4 nitrogen and oxygen atoms in total. The average molecular weight is 225 g/mol. The second-order valence-electron chi connectivity index (χ2n) is 4.27. The van der Waals surface area contributed by atoms with Crippen LogP contribution < -0.4 is 0 Å². The van der Waals surface area contributed by atoms with Gasteiger partial charge in [0.25, 0.3) is 0 Å². The lowest BCUT2D eigenvalue weighted by atomic mass is 10.2. The summed E-state index contributed by atoms with van der Waals surface area (Å²) in [5, 5.41) is 13.4. The molecule has 1 aromatic rings. The molecular formula is C12H23N3O. The first-order valence-electron chi connectivity index (χ1n) is 5.92. The van der Waals surface area contributed by atoms with Crippen molar-refractivity contribution < 1.29 is 5.11 Å². The number of aromatic nitrogens is 2. The molecule has 1 heterocycles. The molecule has 0 saturated carbocycles. The van der Waals surface area contributed by atoms with Crippen LogP contribution in [0.1, 0.15) is 30.3 Å². The van der Waals surface area contributed by atoms with Crippen LogP contribution in [0.25, 0.3) is 0 Å². The Morgan fingerprint density at radius 1 is 1.31 bits per heavy atom. The van der Waals surface area contributed by atoms with E-state index in [1.54, 1.807) is 0 Å². The first-order valence-corrected chi connectivity index (χ1v) is 5.92. The van der Waals surface area contributed by atoms with E-state index in [4.69, 9.17) is 5.11 Å². The van der Waals surface area contributed by atoms with Crippen molar-refractivity contribution in [3.8, 4) is 0 Å². The lowest BCUT2D eigenvalue weighted by Crippen LogP contribution is -2.27. The molecule has 0 spiro atoms. The molecule has 1 aromatic heterocycles. The molecule has 0 bridgehead atoms. The van der Waals surface area contributed by atoms with Crippen molar-refractivity contribution in [2.75, 3.05) is 19.7 Å². The van der Waals surface area contributed by atoms with Gasteiger partial charge in [0.1, 0.15) is 0 Å². The van der Waals surface area contributed by atoms with Crippen molar-refractivity contribution in [3.05, 3.63) is 17.0 Å². The van der Waals surface area contributed by atoms with Gasteiger partial charge in [-0.2, -0.15) is 5.10 Å². The Hall–Kier alpha value is -0.870. The van der Waals surface area contributed by atoms with Crippen LogP contribution in [-0.2, 0) is 13.6 Å².